The first kappa shape index (κ1) is 13.4. The fourth-order valence-electron chi connectivity index (χ4n) is 1.71. The summed E-state index contributed by atoms with van der Waals surface area (Å²) in [7, 11) is 0. The van der Waals surface area contributed by atoms with E-state index in [0.717, 1.165) is 6.42 Å². The molecule has 0 aliphatic carbocycles. The molecule has 0 aliphatic rings. The number of amides is 1. The summed E-state index contributed by atoms with van der Waals surface area (Å²) < 4.78 is 0. The molecular weight excluding hydrogens is 218 g/mol. The minimum Gasteiger partial charge on any atom is -0.395 e. The fraction of sp³-hybridized carbons (Fsp3) is 0.500. The number of aliphatic hydroxyl groups is 1. The maximum atomic E-state index is 12.2. The van der Waals surface area contributed by atoms with Crippen LogP contribution in [-0.4, -0.2) is 40.6 Å². The topological polar surface area (TPSA) is 79.5 Å². The molecule has 1 rings (SSSR count). The molecule has 0 aromatic carbocycles. The van der Waals surface area contributed by atoms with Gasteiger partial charge < -0.3 is 15.7 Å². The maximum absolute atomic E-state index is 12.2. The number of anilines is 1. The van der Waals surface area contributed by atoms with Gasteiger partial charge in [0.2, 0.25) is 0 Å². The molecule has 0 saturated heterocycles. The zero-order chi connectivity index (χ0) is 12.8. The predicted molar refractivity (Wildman–Crippen MR) is 66.7 cm³/mol. The molecule has 5 heteroatoms. The van der Waals surface area contributed by atoms with E-state index < -0.39 is 0 Å². The Balaban J connectivity index is 2.92. The Hall–Kier alpha value is -1.62. The average molecular weight is 237 g/mol. The average Bonchev–Trinajstić information content (AvgIpc) is 2.26. The summed E-state index contributed by atoms with van der Waals surface area (Å²) in [5.41, 5.74) is 6.86. The van der Waals surface area contributed by atoms with Gasteiger partial charge in [-0.2, -0.15) is 0 Å². The van der Waals surface area contributed by atoms with Crippen LogP contribution in [0.2, 0.25) is 0 Å². The molecular formula is C12H19N3O2. The van der Waals surface area contributed by atoms with Gasteiger partial charge in [-0.25, -0.2) is 4.98 Å². The number of aryl methyl sites for hydroxylation is 1. The third kappa shape index (κ3) is 3.71. The molecule has 0 bridgehead atoms. The third-order valence-corrected chi connectivity index (χ3v) is 2.37. The molecule has 5 nitrogen and oxygen atoms in total. The van der Waals surface area contributed by atoms with Gasteiger partial charge in [-0.15, -0.1) is 0 Å². The van der Waals surface area contributed by atoms with Crippen LogP contribution in [0.4, 0.5) is 5.82 Å². The lowest BCUT2D eigenvalue weighted by Crippen LogP contribution is -2.34. The van der Waals surface area contributed by atoms with Crippen LogP contribution >= 0.6 is 0 Å². The van der Waals surface area contributed by atoms with Crippen molar-refractivity contribution in [1.82, 2.24) is 9.88 Å². The Morgan fingerprint density at radius 3 is 2.71 bits per heavy atom. The van der Waals surface area contributed by atoms with Gasteiger partial charge in [-0.05, 0) is 25.5 Å². The summed E-state index contributed by atoms with van der Waals surface area (Å²) >= 11 is 0. The summed E-state index contributed by atoms with van der Waals surface area (Å²) in [4.78, 5) is 17.8. The van der Waals surface area contributed by atoms with Crippen LogP contribution in [-0.2, 0) is 0 Å². The van der Waals surface area contributed by atoms with Crippen LogP contribution < -0.4 is 5.73 Å². The Morgan fingerprint density at radius 2 is 2.18 bits per heavy atom. The number of carbonyl (C=O) groups is 1. The lowest BCUT2D eigenvalue weighted by Gasteiger charge is -2.21. The number of aromatic nitrogens is 1. The fourth-order valence-corrected chi connectivity index (χ4v) is 1.71. The second kappa shape index (κ2) is 6.20. The van der Waals surface area contributed by atoms with E-state index in [9.17, 15) is 4.79 Å². The molecule has 0 atom stereocenters. The Morgan fingerprint density at radius 1 is 1.47 bits per heavy atom. The zero-order valence-corrected chi connectivity index (χ0v) is 10.3. The summed E-state index contributed by atoms with van der Waals surface area (Å²) in [5, 5.41) is 8.94. The highest BCUT2D eigenvalue weighted by molar-refractivity contribution is 5.95. The molecule has 0 spiro atoms. The van der Waals surface area contributed by atoms with E-state index in [1.54, 1.807) is 24.0 Å². The minimum atomic E-state index is -0.113. The van der Waals surface area contributed by atoms with Crippen LogP contribution in [0.25, 0.3) is 0 Å². The van der Waals surface area contributed by atoms with E-state index in [4.69, 9.17) is 10.8 Å². The SMILES string of the molecule is CCCN(CCO)C(=O)c1cc(C)nc(N)c1. The van der Waals surface area contributed by atoms with E-state index in [2.05, 4.69) is 4.98 Å². The Kier molecular flexibility index (Phi) is 4.90. The number of aliphatic hydroxyl groups excluding tert-OH is 1. The van der Waals surface area contributed by atoms with Gasteiger partial charge in [0, 0.05) is 24.3 Å². The van der Waals surface area contributed by atoms with Gasteiger partial charge in [0.25, 0.3) is 5.91 Å². The van der Waals surface area contributed by atoms with Crippen molar-refractivity contribution >= 4 is 11.7 Å². The van der Waals surface area contributed by atoms with Crippen LogP contribution in [0.1, 0.15) is 29.4 Å². The first-order valence-electron chi connectivity index (χ1n) is 5.72. The van der Waals surface area contributed by atoms with E-state index in [-0.39, 0.29) is 12.5 Å². The Bertz CT molecular complexity index is 367. The van der Waals surface area contributed by atoms with E-state index in [1.165, 1.54) is 0 Å². The number of carbonyl (C=O) groups excluding carboxylic acids is 1. The first-order chi connectivity index (χ1) is 8.08. The largest absolute Gasteiger partial charge is 0.395 e. The zero-order valence-electron chi connectivity index (χ0n) is 10.3. The summed E-state index contributed by atoms with van der Waals surface area (Å²) in [5.74, 6) is 0.229. The van der Waals surface area contributed by atoms with Crippen molar-refractivity contribution in [3.63, 3.8) is 0 Å². The highest BCUT2D eigenvalue weighted by atomic mass is 16.3. The third-order valence-electron chi connectivity index (χ3n) is 2.37. The van der Waals surface area contributed by atoms with Crippen molar-refractivity contribution in [2.24, 2.45) is 0 Å². The van der Waals surface area contributed by atoms with E-state index in [1.807, 2.05) is 6.92 Å². The van der Waals surface area contributed by atoms with Gasteiger partial charge in [0.1, 0.15) is 5.82 Å². The molecule has 0 radical (unpaired) electrons. The standard InChI is InChI=1S/C12H19N3O2/c1-3-4-15(5-6-16)12(17)10-7-9(2)14-11(13)8-10/h7-8,16H,3-6H2,1-2H3,(H2,13,14). The van der Waals surface area contributed by atoms with Crippen molar-refractivity contribution < 1.29 is 9.90 Å². The summed E-state index contributed by atoms with van der Waals surface area (Å²) in [6, 6.07) is 3.27. The molecule has 17 heavy (non-hydrogen) atoms. The smallest absolute Gasteiger partial charge is 0.254 e. The van der Waals surface area contributed by atoms with Gasteiger partial charge >= 0.3 is 0 Å². The molecule has 3 N–H and O–H groups in total. The second-order valence-corrected chi connectivity index (χ2v) is 3.94. The van der Waals surface area contributed by atoms with Crippen LogP contribution in [0.15, 0.2) is 12.1 Å². The molecule has 94 valence electrons. The minimum absolute atomic E-state index is 0.0364. The number of nitrogens with zero attached hydrogens (tertiary/aromatic N) is 2. The lowest BCUT2D eigenvalue weighted by molar-refractivity contribution is 0.0722. The highest BCUT2D eigenvalue weighted by Crippen LogP contribution is 2.10. The number of hydrogen-bond acceptors (Lipinski definition) is 4. The van der Waals surface area contributed by atoms with Gasteiger partial charge in [-0.3, -0.25) is 4.79 Å². The van der Waals surface area contributed by atoms with Crippen molar-refractivity contribution in [2.75, 3.05) is 25.4 Å². The van der Waals surface area contributed by atoms with E-state index >= 15 is 0 Å². The van der Waals surface area contributed by atoms with Gasteiger partial charge in [0.15, 0.2) is 0 Å². The molecule has 0 saturated carbocycles. The maximum Gasteiger partial charge on any atom is 0.254 e. The van der Waals surface area contributed by atoms with Gasteiger partial charge in [0.05, 0.1) is 6.61 Å². The molecule has 1 aromatic rings. The first-order valence-corrected chi connectivity index (χ1v) is 5.72. The molecule has 0 fully saturated rings. The number of pyridine rings is 1. The number of rotatable bonds is 5. The van der Waals surface area contributed by atoms with Crippen molar-refractivity contribution in [3.05, 3.63) is 23.4 Å². The van der Waals surface area contributed by atoms with Gasteiger partial charge in [-0.1, -0.05) is 6.92 Å². The number of nitrogen functional groups attached to an aromatic ring is 1. The predicted octanol–water partition coefficient (Wildman–Crippen LogP) is 0.817. The van der Waals surface area contributed by atoms with Crippen LogP contribution in [0, 0.1) is 6.92 Å². The second-order valence-electron chi connectivity index (χ2n) is 3.94. The lowest BCUT2D eigenvalue weighted by atomic mass is 10.2. The Labute approximate surface area is 101 Å². The quantitative estimate of drug-likeness (QED) is 0.794. The van der Waals surface area contributed by atoms with Crippen molar-refractivity contribution in [2.45, 2.75) is 20.3 Å². The highest BCUT2D eigenvalue weighted by Gasteiger charge is 2.15. The summed E-state index contributed by atoms with van der Waals surface area (Å²) in [6.07, 6.45) is 0.852. The monoisotopic (exact) mass is 237 g/mol. The van der Waals surface area contributed by atoms with Crippen LogP contribution in [0.3, 0.4) is 0 Å². The van der Waals surface area contributed by atoms with Crippen molar-refractivity contribution in [3.8, 4) is 0 Å². The van der Waals surface area contributed by atoms with Crippen molar-refractivity contribution in [1.29, 1.82) is 0 Å². The molecule has 1 heterocycles. The van der Waals surface area contributed by atoms with E-state index in [0.29, 0.717) is 30.2 Å². The molecule has 0 unspecified atom stereocenters. The number of nitrogens with two attached hydrogens (primary N) is 1. The molecule has 1 amide bonds. The summed E-state index contributed by atoms with van der Waals surface area (Å²) in [6.45, 7) is 4.72. The molecule has 1 aromatic heterocycles. The normalized spacial score (nSPS) is 10.3. The van der Waals surface area contributed by atoms with Crippen LogP contribution in [0.5, 0.6) is 0 Å². The number of hydrogen-bond donors (Lipinski definition) is 2. The molecule has 0 aliphatic heterocycles.